The van der Waals surface area contributed by atoms with Gasteiger partial charge in [0.25, 0.3) is 0 Å². The molecule has 2 heteroatoms. The molecule has 0 atom stereocenters. The van der Waals surface area contributed by atoms with Crippen LogP contribution in [-0.4, -0.2) is 18.4 Å². The molecule has 2 nitrogen and oxygen atoms in total. The van der Waals surface area contributed by atoms with Crippen LogP contribution in [0.2, 0.25) is 0 Å². The maximum atomic E-state index is 11.3. The normalized spacial score (nSPS) is 20.2. The minimum Gasteiger partial charge on any atom is -0.308 e. The lowest BCUT2D eigenvalue weighted by Gasteiger charge is -2.11. The Morgan fingerprint density at radius 3 is 2.20 bits per heavy atom. The second-order valence-corrected chi connectivity index (χ2v) is 2.94. The van der Waals surface area contributed by atoms with Crippen molar-refractivity contribution in [1.82, 2.24) is 5.32 Å². The monoisotopic (exact) mass is 139 g/mol. The Balaban J connectivity index is 2.65. The summed E-state index contributed by atoms with van der Waals surface area (Å²) >= 11 is 0. The van der Waals surface area contributed by atoms with Crippen LogP contribution in [0.1, 0.15) is 19.8 Å². The second kappa shape index (κ2) is 2.20. The Kier molecular flexibility index (Phi) is 1.65. The van der Waals surface area contributed by atoms with E-state index in [0.29, 0.717) is 5.57 Å². The van der Waals surface area contributed by atoms with Gasteiger partial charge >= 0.3 is 0 Å². The SMILES string of the molecule is C=C(C)C(=O)C1(NC)CC1. The third-order valence-corrected chi connectivity index (χ3v) is 2.05. The van der Waals surface area contributed by atoms with Crippen molar-refractivity contribution >= 4 is 5.78 Å². The molecule has 0 amide bonds. The topological polar surface area (TPSA) is 29.1 Å². The lowest BCUT2D eigenvalue weighted by molar-refractivity contribution is -0.118. The molecule has 0 saturated heterocycles. The molecule has 1 aliphatic carbocycles. The first-order valence-electron chi connectivity index (χ1n) is 3.51. The zero-order valence-corrected chi connectivity index (χ0v) is 6.53. The molecule has 0 spiro atoms. The molecule has 0 aromatic rings. The van der Waals surface area contributed by atoms with Crippen molar-refractivity contribution in [3.63, 3.8) is 0 Å². The molecular formula is C8H13NO. The van der Waals surface area contributed by atoms with E-state index < -0.39 is 0 Å². The summed E-state index contributed by atoms with van der Waals surface area (Å²) in [7, 11) is 1.83. The Labute approximate surface area is 61.3 Å². The van der Waals surface area contributed by atoms with Gasteiger partial charge in [-0.15, -0.1) is 0 Å². The lowest BCUT2D eigenvalue weighted by Crippen LogP contribution is -2.36. The van der Waals surface area contributed by atoms with Crippen LogP contribution in [0.4, 0.5) is 0 Å². The molecule has 0 bridgehead atoms. The van der Waals surface area contributed by atoms with Gasteiger partial charge in [-0.25, -0.2) is 0 Å². The van der Waals surface area contributed by atoms with Gasteiger partial charge in [0.2, 0.25) is 0 Å². The average molecular weight is 139 g/mol. The molecule has 1 saturated carbocycles. The lowest BCUT2D eigenvalue weighted by atomic mass is 10.1. The molecule has 0 aromatic carbocycles. The number of carbonyl (C=O) groups is 1. The first-order valence-corrected chi connectivity index (χ1v) is 3.51. The number of carbonyl (C=O) groups excluding carboxylic acids is 1. The van der Waals surface area contributed by atoms with Gasteiger partial charge in [0.05, 0.1) is 5.54 Å². The van der Waals surface area contributed by atoms with E-state index in [-0.39, 0.29) is 11.3 Å². The van der Waals surface area contributed by atoms with Crippen molar-refractivity contribution in [2.75, 3.05) is 7.05 Å². The van der Waals surface area contributed by atoms with Gasteiger partial charge in [-0.1, -0.05) is 6.58 Å². The number of likely N-dealkylation sites (N-methyl/N-ethyl adjacent to an activating group) is 1. The predicted octanol–water partition coefficient (Wildman–Crippen LogP) is 0.884. The van der Waals surface area contributed by atoms with Crippen molar-refractivity contribution in [2.24, 2.45) is 0 Å². The maximum Gasteiger partial charge on any atom is 0.177 e. The van der Waals surface area contributed by atoms with Gasteiger partial charge in [-0.2, -0.15) is 0 Å². The van der Waals surface area contributed by atoms with E-state index in [1.54, 1.807) is 6.92 Å². The summed E-state index contributed by atoms with van der Waals surface area (Å²) in [4.78, 5) is 11.3. The van der Waals surface area contributed by atoms with Crippen LogP contribution in [-0.2, 0) is 4.79 Å². The van der Waals surface area contributed by atoms with Gasteiger partial charge < -0.3 is 5.32 Å². The molecular weight excluding hydrogens is 126 g/mol. The van der Waals surface area contributed by atoms with Crippen molar-refractivity contribution in [3.05, 3.63) is 12.2 Å². The Morgan fingerprint density at radius 1 is 1.60 bits per heavy atom. The first kappa shape index (κ1) is 7.48. The minimum atomic E-state index is -0.216. The number of Topliss-reactive ketones (excluding diaryl/α,β-unsaturated/α-hetero) is 1. The van der Waals surface area contributed by atoms with Gasteiger partial charge in [-0.05, 0) is 32.4 Å². The van der Waals surface area contributed by atoms with E-state index in [9.17, 15) is 4.79 Å². The van der Waals surface area contributed by atoms with Crippen LogP contribution >= 0.6 is 0 Å². The van der Waals surface area contributed by atoms with Crippen molar-refractivity contribution in [1.29, 1.82) is 0 Å². The van der Waals surface area contributed by atoms with Crippen molar-refractivity contribution in [3.8, 4) is 0 Å². The number of nitrogens with one attached hydrogen (secondary N) is 1. The number of rotatable bonds is 3. The van der Waals surface area contributed by atoms with E-state index in [2.05, 4.69) is 11.9 Å². The van der Waals surface area contributed by atoms with Crippen LogP contribution in [0.15, 0.2) is 12.2 Å². The van der Waals surface area contributed by atoms with Crippen molar-refractivity contribution < 1.29 is 4.79 Å². The van der Waals surface area contributed by atoms with Gasteiger partial charge in [0.15, 0.2) is 5.78 Å². The third kappa shape index (κ3) is 0.991. The highest BCUT2D eigenvalue weighted by molar-refractivity contribution is 6.03. The Bertz CT molecular complexity index is 180. The van der Waals surface area contributed by atoms with Crippen LogP contribution in [0.5, 0.6) is 0 Å². The highest BCUT2D eigenvalue weighted by atomic mass is 16.1. The second-order valence-electron chi connectivity index (χ2n) is 2.94. The smallest absolute Gasteiger partial charge is 0.177 e. The van der Waals surface area contributed by atoms with E-state index >= 15 is 0 Å². The highest BCUT2D eigenvalue weighted by Gasteiger charge is 2.47. The molecule has 0 heterocycles. The standard InChI is InChI=1S/C8H13NO/c1-6(2)7(10)8(9-3)4-5-8/h9H,1,4-5H2,2-3H3. The fraction of sp³-hybridized carbons (Fsp3) is 0.625. The molecule has 10 heavy (non-hydrogen) atoms. The van der Waals surface area contributed by atoms with Crippen molar-refractivity contribution in [2.45, 2.75) is 25.3 Å². The zero-order valence-electron chi connectivity index (χ0n) is 6.53. The molecule has 1 rings (SSSR count). The highest BCUT2D eigenvalue weighted by Crippen LogP contribution is 2.37. The molecule has 0 unspecified atom stereocenters. The summed E-state index contributed by atoms with van der Waals surface area (Å²) in [6.45, 7) is 5.38. The first-order chi connectivity index (χ1) is 4.62. The summed E-state index contributed by atoms with van der Waals surface area (Å²) in [6, 6.07) is 0. The van der Waals surface area contributed by atoms with Crippen LogP contribution in [0.3, 0.4) is 0 Å². The summed E-state index contributed by atoms with van der Waals surface area (Å²) in [5, 5.41) is 3.02. The molecule has 0 aromatic heterocycles. The fourth-order valence-electron chi connectivity index (χ4n) is 1.12. The van der Waals surface area contributed by atoms with E-state index in [1.165, 1.54) is 0 Å². The Hall–Kier alpha value is -0.630. The van der Waals surface area contributed by atoms with Crippen LogP contribution in [0.25, 0.3) is 0 Å². The fourth-order valence-corrected chi connectivity index (χ4v) is 1.12. The predicted molar refractivity (Wildman–Crippen MR) is 40.8 cm³/mol. The molecule has 56 valence electrons. The van der Waals surface area contributed by atoms with Gasteiger partial charge in [0, 0.05) is 0 Å². The van der Waals surface area contributed by atoms with Crippen LogP contribution in [0, 0.1) is 0 Å². The zero-order chi connectivity index (χ0) is 7.78. The average Bonchev–Trinajstić information content (AvgIpc) is 2.66. The summed E-state index contributed by atoms with van der Waals surface area (Å²) in [5.41, 5.74) is 0.443. The third-order valence-electron chi connectivity index (χ3n) is 2.05. The van der Waals surface area contributed by atoms with E-state index in [1.807, 2.05) is 7.05 Å². The minimum absolute atomic E-state index is 0.176. The summed E-state index contributed by atoms with van der Waals surface area (Å²) < 4.78 is 0. The quantitative estimate of drug-likeness (QED) is 0.588. The molecule has 1 aliphatic rings. The Morgan fingerprint density at radius 2 is 2.10 bits per heavy atom. The number of ketones is 1. The van der Waals surface area contributed by atoms with E-state index in [0.717, 1.165) is 12.8 Å². The summed E-state index contributed by atoms with van der Waals surface area (Å²) in [5.74, 6) is 0.176. The summed E-state index contributed by atoms with van der Waals surface area (Å²) in [6.07, 6.45) is 1.93. The van der Waals surface area contributed by atoms with E-state index in [4.69, 9.17) is 0 Å². The molecule has 0 radical (unpaired) electrons. The largest absolute Gasteiger partial charge is 0.308 e. The van der Waals surface area contributed by atoms with Gasteiger partial charge in [0.1, 0.15) is 0 Å². The molecule has 1 N–H and O–H groups in total. The number of hydrogen-bond donors (Lipinski definition) is 1. The van der Waals surface area contributed by atoms with Gasteiger partial charge in [-0.3, -0.25) is 4.79 Å². The molecule has 1 fully saturated rings. The maximum absolute atomic E-state index is 11.3. The number of hydrogen-bond acceptors (Lipinski definition) is 2. The molecule has 0 aliphatic heterocycles. The van der Waals surface area contributed by atoms with Crippen LogP contribution < -0.4 is 5.32 Å².